The lowest BCUT2D eigenvalue weighted by Gasteiger charge is -2.47. The van der Waals surface area contributed by atoms with Gasteiger partial charge in [0.1, 0.15) is 18.0 Å². The number of benzene rings is 1. The molecule has 0 bridgehead atoms. The first kappa shape index (κ1) is 21.5. The summed E-state index contributed by atoms with van der Waals surface area (Å²) in [4.78, 5) is 2.26. The van der Waals surface area contributed by atoms with Crippen molar-refractivity contribution < 1.29 is 23.7 Å². The second-order valence-corrected chi connectivity index (χ2v) is 9.61. The van der Waals surface area contributed by atoms with Crippen LogP contribution in [0.2, 0.25) is 0 Å². The highest BCUT2D eigenvalue weighted by Crippen LogP contribution is 2.40. The maximum atomic E-state index is 13.4. The van der Waals surface area contributed by atoms with Gasteiger partial charge in [-0.15, -0.1) is 0 Å². The third-order valence-electron chi connectivity index (χ3n) is 6.60. The van der Waals surface area contributed by atoms with Crippen molar-refractivity contribution in [1.29, 1.82) is 0 Å². The van der Waals surface area contributed by atoms with Crippen LogP contribution in [-0.2, 0) is 0 Å². The number of aliphatic hydroxyl groups is 2. The number of rotatable bonds is 4. The molecular formula is C22H33F2NO3. The molecule has 0 radical (unpaired) electrons. The van der Waals surface area contributed by atoms with Crippen LogP contribution in [0.15, 0.2) is 18.2 Å². The number of hydrogen-bond donors (Lipinski definition) is 2. The molecule has 1 saturated carbocycles. The zero-order valence-electron chi connectivity index (χ0n) is 17.1. The fourth-order valence-corrected chi connectivity index (χ4v) is 4.63. The Morgan fingerprint density at radius 1 is 1.11 bits per heavy atom. The van der Waals surface area contributed by atoms with Gasteiger partial charge in [0.05, 0.1) is 6.10 Å². The molecular weight excluding hydrogens is 364 g/mol. The van der Waals surface area contributed by atoms with E-state index >= 15 is 0 Å². The van der Waals surface area contributed by atoms with E-state index in [-0.39, 0.29) is 12.4 Å². The van der Waals surface area contributed by atoms with Crippen LogP contribution in [-0.4, -0.2) is 52.6 Å². The maximum absolute atomic E-state index is 13.4. The van der Waals surface area contributed by atoms with E-state index in [1.807, 2.05) is 0 Å². The number of likely N-dealkylation sites (tertiary alicyclic amines) is 1. The SMILES string of the molecule is CC(C)(C)C1CCC(N2CC[C@H](O)[C@@](O)(COc3ccc(F)c(F)c3)C2)CC1. The lowest BCUT2D eigenvalue weighted by Crippen LogP contribution is -2.62. The fourth-order valence-electron chi connectivity index (χ4n) is 4.63. The second kappa shape index (κ2) is 8.25. The zero-order chi connectivity index (χ0) is 20.5. The largest absolute Gasteiger partial charge is 0.490 e. The zero-order valence-corrected chi connectivity index (χ0v) is 17.1. The maximum Gasteiger partial charge on any atom is 0.162 e. The van der Waals surface area contributed by atoms with E-state index in [1.54, 1.807) is 0 Å². The van der Waals surface area contributed by atoms with Crippen LogP contribution in [0.3, 0.4) is 0 Å². The Morgan fingerprint density at radius 3 is 2.39 bits per heavy atom. The third kappa shape index (κ3) is 4.84. The van der Waals surface area contributed by atoms with Gasteiger partial charge in [-0.25, -0.2) is 8.78 Å². The third-order valence-corrected chi connectivity index (χ3v) is 6.60. The van der Waals surface area contributed by atoms with Gasteiger partial charge in [-0.3, -0.25) is 4.90 Å². The van der Waals surface area contributed by atoms with Gasteiger partial charge in [0.15, 0.2) is 11.6 Å². The summed E-state index contributed by atoms with van der Waals surface area (Å²) in [5.41, 5.74) is -1.11. The van der Waals surface area contributed by atoms with Gasteiger partial charge >= 0.3 is 0 Å². The van der Waals surface area contributed by atoms with Gasteiger partial charge in [-0.05, 0) is 55.6 Å². The predicted octanol–water partition coefficient (Wildman–Crippen LogP) is 3.75. The summed E-state index contributed by atoms with van der Waals surface area (Å²) in [6.45, 7) is 7.80. The first-order valence-corrected chi connectivity index (χ1v) is 10.3. The molecule has 3 rings (SSSR count). The van der Waals surface area contributed by atoms with Gasteiger partial charge in [0, 0.05) is 25.2 Å². The minimum atomic E-state index is -1.43. The van der Waals surface area contributed by atoms with Gasteiger partial charge in [0.25, 0.3) is 0 Å². The smallest absolute Gasteiger partial charge is 0.162 e. The molecule has 158 valence electrons. The van der Waals surface area contributed by atoms with Crippen molar-refractivity contribution >= 4 is 0 Å². The van der Waals surface area contributed by atoms with E-state index in [4.69, 9.17) is 4.74 Å². The summed E-state index contributed by atoms with van der Waals surface area (Å²) in [7, 11) is 0. The lowest BCUT2D eigenvalue weighted by molar-refractivity contribution is -0.147. The average Bonchev–Trinajstić information content (AvgIpc) is 2.65. The van der Waals surface area contributed by atoms with Crippen LogP contribution >= 0.6 is 0 Å². The summed E-state index contributed by atoms with van der Waals surface area (Å²) in [5, 5.41) is 21.4. The van der Waals surface area contributed by atoms with E-state index in [0.717, 1.165) is 37.4 Å². The highest BCUT2D eigenvalue weighted by atomic mass is 19.2. The number of aliphatic hydroxyl groups excluding tert-OH is 1. The first-order valence-electron chi connectivity index (χ1n) is 10.3. The molecule has 0 aromatic heterocycles. The number of hydrogen-bond acceptors (Lipinski definition) is 4. The predicted molar refractivity (Wildman–Crippen MR) is 104 cm³/mol. The molecule has 2 atom stereocenters. The lowest BCUT2D eigenvalue weighted by atomic mass is 9.71. The monoisotopic (exact) mass is 397 g/mol. The summed E-state index contributed by atoms with van der Waals surface area (Å²) < 4.78 is 31.9. The standard InChI is InChI=1S/C22H33F2NO3/c1-21(2,3)15-4-6-16(7-5-15)25-11-10-20(26)22(27,13-25)14-28-17-8-9-18(23)19(24)12-17/h8-9,12,15-16,20,26-27H,4-7,10-11,13-14H2,1-3H3/t15?,16?,20-,22-/m0/s1. The van der Waals surface area contributed by atoms with Crippen LogP contribution in [0.4, 0.5) is 8.78 Å². The molecule has 1 aliphatic heterocycles. The molecule has 2 fully saturated rings. The van der Waals surface area contributed by atoms with Crippen molar-refractivity contribution in [2.45, 2.75) is 70.6 Å². The van der Waals surface area contributed by atoms with Crippen LogP contribution < -0.4 is 4.74 Å². The highest BCUT2D eigenvalue weighted by Gasteiger charge is 2.44. The average molecular weight is 398 g/mol. The molecule has 2 N–H and O–H groups in total. The molecule has 1 aliphatic carbocycles. The first-order chi connectivity index (χ1) is 13.1. The van der Waals surface area contributed by atoms with E-state index in [1.165, 1.54) is 18.9 Å². The number of halogens is 2. The quantitative estimate of drug-likeness (QED) is 0.813. The minimum absolute atomic E-state index is 0.141. The topological polar surface area (TPSA) is 52.9 Å². The molecule has 4 nitrogen and oxygen atoms in total. The molecule has 6 heteroatoms. The summed E-state index contributed by atoms with van der Waals surface area (Å²) in [5.74, 6) is -1.08. The van der Waals surface area contributed by atoms with E-state index < -0.39 is 23.3 Å². The van der Waals surface area contributed by atoms with Crippen molar-refractivity contribution in [3.8, 4) is 5.75 Å². The number of nitrogens with zero attached hydrogens (tertiary/aromatic N) is 1. The van der Waals surface area contributed by atoms with Crippen molar-refractivity contribution in [1.82, 2.24) is 4.90 Å². The summed E-state index contributed by atoms with van der Waals surface area (Å²) >= 11 is 0. The Balaban J connectivity index is 1.59. The normalized spacial score (nSPS) is 32.3. The van der Waals surface area contributed by atoms with E-state index in [0.29, 0.717) is 24.4 Å². The van der Waals surface area contributed by atoms with Crippen LogP contribution in [0.5, 0.6) is 5.75 Å². The summed E-state index contributed by atoms with van der Waals surface area (Å²) in [6.07, 6.45) is 4.11. The summed E-state index contributed by atoms with van der Waals surface area (Å²) in [6, 6.07) is 3.68. The van der Waals surface area contributed by atoms with E-state index in [2.05, 4.69) is 25.7 Å². The van der Waals surface area contributed by atoms with Crippen molar-refractivity contribution in [2.75, 3.05) is 19.7 Å². The molecule has 2 aliphatic rings. The number of β-amino-alcohol motifs (C(OH)–C–C–N with tert-alkyl or cyclic N) is 1. The fraction of sp³-hybridized carbons (Fsp3) is 0.727. The minimum Gasteiger partial charge on any atom is -0.490 e. The van der Waals surface area contributed by atoms with Crippen LogP contribution in [0.1, 0.15) is 52.9 Å². The Bertz CT molecular complexity index is 670. The Hall–Kier alpha value is -1.24. The molecule has 1 heterocycles. The van der Waals surface area contributed by atoms with Crippen LogP contribution in [0, 0.1) is 23.0 Å². The second-order valence-electron chi connectivity index (χ2n) is 9.61. The van der Waals surface area contributed by atoms with Crippen molar-refractivity contribution in [2.24, 2.45) is 11.3 Å². The Labute approximate surface area is 166 Å². The highest BCUT2D eigenvalue weighted by molar-refractivity contribution is 5.23. The number of piperidine rings is 1. The molecule has 1 aromatic carbocycles. The van der Waals surface area contributed by atoms with Gasteiger partial charge in [-0.1, -0.05) is 20.8 Å². The molecule has 0 amide bonds. The van der Waals surface area contributed by atoms with Crippen molar-refractivity contribution in [3.05, 3.63) is 29.8 Å². The van der Waals surface area contributed by atoms with Crippen molar-refractivity contribution in [3.63, 3.8) is 0 Å². The molecule has 1 aromatic rings. The Kier molecular flexibility index (Phi) is 6.32. The van der Waals surface area contributed by atoms with Gasteiger partial charge in [-0.2, -0.15) is 0 Å². The van der Waals surface area contributed by atoms with E-state index in [9.17, 15) is 19.0 Å². The van der Waals surface area contributed by atoms with Gasteiger partial charge < -0.3 is 14.9 Å². The number of ether oxygens (including phenoxy) is 1. The molecule has 0 spiro atoms. The molecule has 0 unspecified atom stereocenters. The Morgan fingerprint density at radius 2 is 1.79 bits per heavy atom. The molecule has 1 saturated heterocycles. The van der Waals surface area contributed by atoms with Crippen LogP contribution in [0.25, 0.3) is 0 Å². The molecule has 28 heavy (non-hydrogen) atoms. The van der Waals surface area contributed by atoms with Gasteiger partial charge in [0.2, 0.25) is 0 Å².